The third kappa shape index (κ3) is 8.81. The van der Waals surface area contributed by atoms with Crippen LogP contribution in [0, 0.1) is 100 Å². The number of nitrogens with one attached hydrogen (secondary N) is 1. The molecule has 0 aliphatic rings. The molecule has 4 nitrogen and oxygen atoms in total. The minimum absolute atomic E-state index is 0.134. The van der Waals surface area contributed by atoms with E-state index in [0.29, 0.717) is 21.8 Å². The van der Waals surface area contributed by atoms with Gasteiger partial charge in [0.05, 0.1) is 29.1 Å². The van der Waals surface area contributed by atoms with Crippen LogP contribution in [0.3, 0.4) is 0 Å². The smallest absolute Gasteiger partial charge is 0.484 e. The normalized spacial score (nSPS) is 11.4. The Morgan fingerprint density at radius 2 is 0.881 bits per heavy atom. The zero-order chi connectivity index (χ0) is 43.5. The average molecular weight is 845 g/mol. The molecule has 0 saturated heterocycles. The third-order valence-electron chi connectivity index (χ3n) is 7.91. The van der Waals surface area contributed by atoms with E-state index in [-0.39, 0.29) is 11.4 Å². The topological polar surface area (TPSA) is 32.1 Å². The van der Waals surface area contributed by atoms with E-state index in [0.717, 1.165) is 11.6 Å². The first-order valence-corrected chi connectivity index (χ1v) is 16.1. The van der Waals surface area contributed by atoms with Crippen molar-refractivity contribution in [1.29, 1.82) is 0 Å². The van der Waals surface area contributed by atoms with E-state index >= 15 is 0 Å². The summed E-state index contributed by atoms with van der Waals surface area (Å²) in [6.45, 7) is 5.60. The second kappa shape index (κ2) is 17.9. The average Bonchev–Trinajstić information content (AvgIpc) is 3.24. The second-order valence-corrected chi connectivity index (χ2v) is 11.7. The molecule has 1 N–H and O–H groups in total. The Morgan fingerprint density at radius 3 is 1.32 bits per heavy atom. The highest BCUT2D eigenvalue weighted by Crippen LogP contribution is 2.35. The number of hydrogen-bond acceptors (Lipinski definition) is 3. The summed E-state index contributed by atoms with van der Waals surface area (Å²) in [6.07, 6.45) is 1.37. The summed E-state index contributed by atoms with van der Waals surface area (Å²) < 4.78 is 218. The predicted octanol–water partition coefficient (Wildman–Crippen LogP) is 10.9. The van der Waals surface area contributed by atoms with Crippen molar-refractivity contribution in [2.24, 2.45) is 0 Å². The zero-order valence-corrected chi connectivity index (χ0v) is 29.2. The Bertz CT molecular complexity index is 2390. The SMILES string of the molecule is C=Cc1cccc(OB(Oc2c(F)c(F)c(F)c(F)c2F)Oc2c(F)c(F)c(F)c(F)c2F)c1[NH+](c1ccccc1)c1ccc(C)cc1.Fc1[c-]c(F)c(F)c(F)c1F. The summed E-state index contributed by atoms with van der Waals surface area (Å²) in [5.74, 6) is -39.8. The summed E-state index contributed by atoms with van der Waals surface area (Å²) in [5.41, 5.74) is 2.45. The van der Waals surface area contributed by atoms with Gasteiger partial charge in [-0.1, -0.05) is 54.6 Å². The third-order valence-corrected chi connectivity index (χ3v) is 7.91. The van der Waals surface area contributed by atoms with Crippen LogP contribution in [-0.4, -0.2) is 7.32 Å². The van der Waals surface area contributed by atoms with Gasteiger partial charge in [-0.25, -0.2) is 44.4 Å². The largest absolute Gasteiger partial charge is 0.864 e. The van der Waals surface area contributed by atoms with Crippen molar-refractivity contribution in [3.05, 3.63) is 184 Å². The fourth-order valence-electron chi connectivity index (χ4n) is 5.10. The first-order valence-electron chi connectivity index (χ1n) is 16.1. The zero-order valence-electron chi connectivity index (χ0n) is 29.2. The van der Waals surface area contributed by atoms with Gasteiger partial charge in [0, 0.05) is 17.7 Å². The standard InChI is InChI=1S/C33H18BF10NO3.C6F5/c1-3-17-8-7-11-20(31(17)45(18-9-5-4-6-10-18)19-14-12-16(2)13-15-19)46-34(47-32-27(41)23(37)21(35)24(38)28(32)42)48-33-29(43)25(39)22(36)26(40)30(33)44;7-2-1-3(8)5(10)6(11)4(2)9/h3-15H,1H2,2H3;/q;-1/p+1. The molecule has 0 aromatic heterocycles. The van der Waals surface area contributed by atoms with Gasteiger partial charge in [0.15, 0.2) is 22.9 Å². The van der Waals surface area contributed by atoms with Crippen LogP contribution in [-0.2, 0) is 0 Å². The van der Waals surface area contributed by atoms with Gasteiger partial charge in [0.2, 0.25) is 58.2 Å². The second-order valence-electron chi connectivity index (χ2n) is 11.7. The van der Waals surface area contributed by atoms with E-state index in [1.54, 1.807) is 60.7 Å². The fraction of sp³-hybridized carbons (Fsp3) is 0.0256. The highest BCUT2D eigenvalue weighted by Gasteiger charge is 2.41. The molecule has 1 atom stereocenters. The Balaban J connectivity index is 0.000000520. The van der Waals surface area contributed by atoms with Crippen molar-refractivity contribution in [1.82, 2.24) is 0 Å². The van der Waals surface area contributed by atoms with E-state index in [1.165, 1.54) is 18.2 Å². The first-order chi connectivity index (χ1) is 27.9. The monoisotopic (exact) mass is 845 g/mol. The summed E-state index contributed by atoms with van der Waals surface area (Å²) >= 11 is 0. The quantitative estimate of drug-likeness (QED) is 0.0490. The molecular weight excluding hydrogens is 826 g/mol. The van der Waals surface area contributed by atoms with Crippen LogP contribution in [0.4, 0.5) is 82.9 Å². The fourth-order valence-corrected chi connectivity index (χ4v) is 5.10. The molecule has 0 radical (unpaired) electrons. The molecule has 0 bridgehead atoms. The van der Waals surface area contributed by atoms with Gasteiger partial charge >= 0.3 is 7.32 Å². The van der Waals surface area contributed by atoms with Crippen molar-refractivity contribution >= 4 is 30.5 Å². The molecule has 0 saturated carbocycles. The molecule has 0 fully saturated rings. The summed E-state index contributed by atoms with van der Waals surface area (Å²) in [6, 6.07) is 20.7. The van der Waals surface area contributed by atoms with Gasteiger partial charge < -0.3 is 14.0 Å². The number of aryl methyl sites for hydroxylation is 1. The highest BCUT2D eigenvalue weighted by molar-refractivity contribution is 6.39. The van der Waals surface area contributed by atoms with Crippen molar-refractivity contribution < 1.29 is 84.7 Å². The number of halogens is 15. The molecule has 0 aliphatic heterocycles. The van der Waals surface area contributed by atoms with Gasteiger partial charge in [-0.15, -0.1) is 6.07 Å². The van der Waals surface area contributed by atoms with E-state index < -0.39 is 106 Å². The van der Waals surface area contributed by atoms with E-state index in [2.05, 4.69) is 6.58 Å². The molecule has 0 spiro atoms. The summed E-state index contributed by atoms with van der Waals surface area (Å²) in [7, 11) is -2.96. The van der Waals surface area contributed by atoms with E-state index in [9.17, 15) is 65.9 Å². The van der Waals surface area contributed by atoms with Crippen molar-refractivity contribution in [3.8, 4) is 17.2 Å². The molecule has 6 aromatic rings. The maximum absolute atomic E-state index is 14.7. The van der Waals surface area contributed by atoms with Crippen LogP contribution < -0.4 is 18.9 Å². The minimum atomic E-state index is -2.96. The molecule has 6 aromatic carbocycles. The highest BCUT2D eigenvalue weighted by atomic mass is 19.2. The Labute approximate surface area is 323 Å². The van der Waals surface area contributed by atoms with Gasteiger partial charge in [-0.3, -0.25) is 8.78 Å². The molecule has 0 heterocycles. The molecule has 0 amide bonds. The molecular formula is C39H19BF15NO3. The van der Waals surface area contributed by atoms with Crippen LogP contribution in [0.15, 0.2) is 79.4 Å². The first kappa shape index (κ1) is 43.6. The molecule has 59 heavy (non-hydrogen) atoms. The Morgan fingerprint density at radius 1 is 0.475 bits per heavy atom. The lowest BCUT2D eigenvalue weighted by molar-refractivity contribution is -0.681. The van der Waals surface area contributed by atoms with Crippen molar-refractivity contribution in [2.45, 2.75) is 6.92 Å². The lowest BCUT2D eigenvalue weighted by Gasteiger charge is -2.24. The van der Waals surface area contributed by atoms with Gasteiger partial charge in [-0.2, -0.15) is 17.6 Å². The Hall–Kier alpha value is -6.57. The Kier molecular flexibility index (Phi) is 13.2. The summed E-state index contributed by atoms with van der Waals surface area (Å²) in [4.78, 5) is 0.410. The lowest BCUT2D eigenvalue weighted by atomic mass is 10.1. The maximum atomic E-state index is 14.7. The molecule has 0 aliphatic carbocycles. The van der Waals surface area contributed by atoms with E-state index in [4.69, 9.17) is 14.0 Å². The lowest BCUT2D eigenvalue weighted by Crippen LogP contribution is -2.97. The van der Waals surface area contributed by atoms with Crippen LogP contribution in [0.1, 0.15) is 11.1 Å². The maximum Gasteiger partial charge on any atom is 0.864 e. The molecule has 6 rings (SSSR count). The number of quaternary nitrogens is 1. The number of hydrogen-bond donors (Lipinski definition) is 1. The van der Waals surface area contributed by atoms with E-state index in [1.807, 2.05) is 6.92 Å². The van der Waals surface area contributed by atoms with Crippen LogP contribution >= 0.6 is 0 Å². The van der Waals surface area contributed by atoms with Crippen molar-refractivity contribution in [2.75, 3.05) is 0 Å². The summed E-state index contributed by atoms with van der Waals surface area (Å²) in [5, 5.41) is 0. The predicted molar refractivity (Wildman–Crippen MR) is 179 cm³/mol. The number of rotatable bonds is 10. The van der Waals surface area contributed by atoms with Crippen molar-refractivity contribution in [3.63, 3.8) is 0 Å². The molecule has 20 heteroatoms. The van der Waals surface area contributed by atoms with Gasteiger partial charge in [0.1, 0.15) is 11.4 Å². The molecule has 306 valence electrons. The van der Waals surface area contributed by atoms with Crippen LogP contribution in [0.2, 0.25) is 0 Å². The van der Waals surface area contributed by atoms with Gasteiger partial charge in [0.25, 0.3) is 0 Å². The number of benzene rings is 6. The minimum Gasteiger partial charge on any atom is -0.484 e. The molecule has 1 unspecified atom stereocenters. The van der Waals surface area contributed by atoms with Crippen LogP contribution in [0.5, 0.6) is 17.2 Å². The number of para-hydroxylation sites is 2. The van der Waals surface area contributed by atoms with Crippen LogP contribution in [0.25, 0.3) is 6.08 Å². The van der Waals surface area contributed by atoms with Gasteiger partial charge in [-0.05, 0) is 31.2 Å².